The second-order valence-electron chi connectivity index (χ2n) is 8.19. The number of aliphatic imine (C=N–C) groups is 1. The molecule has 8 nitrogen and oxygen atoms in total. The van der Waals surface area contributed by atoms with E-state index in [9.17, 15) is 0 Å². The molecule has 0 fully saturated rings. The van der Waals surface area contributed by atoms with Crippen LogP contribution in [-0.4, -0.2) is 40.0 Å². The van der Waals surface area contributed by atoms with Crippen molar-refractivity contribution in [3.8, 4) is 11.5 Å². The number of nitrogens with zero attached hydrogens (tertiary/aromatic N) is 4. The Kier molecular flexibility index (Phi) is 5.66. The van der Waals surface area contributed by atoms with E-state index in [0.717, 1.165) is 47.5 Å². The highest BCUT2D eigenvalue weighted by molar-refractivity contribution is 5.80. The summed E-state index contributed by atoms with van der Waals surface area (Å²) in [5.74, 6) is 4.31. The van der Waals surface area contributed by atoms with Gasteiger partial charge in [-0.3, -0.25) is 0 Å². The van der Waals surface area contributed by atoms with Gasteiger partial charge in [-0.15, -0.1) is 10.2 Å². The van der Waals surface area contributed by atoms with E-state index in [2.05, 4.69) is 39.0 Å². The molecule has 3 aromatic rings. The average molecular weight is 433 g/mol. The van der Waals surface area contributed by atoms with E-state index in [1.807, 2.05) is 48.9 Å². The minimum absolute atomic E-state index is 0.0680. The number of hydrogen-bond donors (Lipinski definition) is 2. The molecule has 0 saturated heterocycles. The number of aryl methyl sites for hydroxylation is 1. The van der Waals surface area contributed by atoms with Crippen molar-refractivity contribution in [1.82, 2.24) is 25.4 Å². The van der Waals surface area contributed by atoms with Crippen LogP contribution in [-0.2, 0) is 20.0 Å². The third-order valence-corrected chi connectivity index (χ3v) is 6.04. The Morgan fingerprint density at radius 2 is 1.94 bits per heavy atom. The first kappa shape index (κ1) is 20.4. The monoisotopic (exact) mass is 432 g/mol. The molecule has 0 saturated carbocycles. The zero-order chi connectivity index (χ0) is 21.9. The Labute approximate surface area is 187 Å². The molecule has 5 rings (SSSR count). The Hall–Kier alpha value is -3.55. The van der Waals surface area contributed by atoms with E-state index in [1.54, 1.807) is 0 Å². The van der Waals surface area contributed by atoms with Crippen LogP contribution in [0.25, 0.3) is 0 Å². The number of rotatable bonds is 5. The molecule has 0 spiro atoms. The van der Waals surface area contributed by atoms with Gasteiger partial charge in [-0.2, -0.15) is 0 Å². The van der Waals surface area contributed by atoms with Crippen molar-refractivity contribution in [3.63, 3.8) is 0 Å². The van der Waals surface area contributed by atoms with Crippen LogP contribution < -0.4 is 20.1 Å². The van der Waals surface area contributed by atoms with E-state index in [4.69, 9.17) is 14.5 Å². The second-order valence-corrected chi connectivity index (χ2v) is 8.19. The van der Waals surface area contributed by atoms with E-state index >= 15 is 0 Å². The number of aromatic nitrogens is 3. The van der Waals surface area contributed by atoms with Gasteiger partial charge in [-0.1, -0.05) is 36.4 Å². The summed E-state index contributed by atoms with van der Waals surface area (Å²) < 4.78 is 13.9. The Bertz CT molecular complexity index is 1100. The van der Waals surface area contributed by atoms with Gasteiger partial charge in [0.2, 0.25) is 0 Å². The molecule has 2 aromatic carbocycles. The van der Waals surface area contributed by atoms with Gasteiger partial charge in [0.1, 0.15) is 30.0 Å². The van der Waals surface area contributed by atoms with Gasteiger partial charge in [-0.25, -0.2) is 4.99 Å². The maximum absolute atomic E-state index is 6.10. The van der Waals surface area contributed by atoms with Gasteiger partial charge in [0.05, 0.1) is 19.2 Å². The highest BCUT2D eigenvalue weighted by atomic mass is 16.5. The van der Waals surface area contributed by atoms with Crippen LogP contribution in [0.4, 0.5) is 0 Å². The largest absolute Gasteiger partial charge is 0.493 e. The maximum atomic E-state index is 6.10. The minimum atomic E-state index is 0.0680. The second kappa shape index (κ2) is 8.90. The van der Waals surface area contributed by atoms with Gasteiger partial charge in [-0.05, 0) is 24.6 Å². The van der Waals surface area contributed by atoms with Crippen molar-refractivity contribution in [1.29, 1.82) is 0 Å². The lowest BCUT2D eigenvalue weighted by atomic mass is 10.0. The number of para-hydroxylation sites is 2. The zero-order valence-corrected chi connectivity index (χ0v) is 18.4. The molecule has 0 aliphatic carbocycles. The quantitative estimate of drug-likeness (QED) is 0.476. The predicted molar refractivity (Wildman–Crippen MR) is 122 cm³/mol. The normalized spacial score (nSPS) is 19.5. The first-order valence-corrected chi connectivity index (χ1v) is 11.0. The van der Waals surface area contributed by atoms with Gasteiger partial charge < -0.3 is 24.7 Å². The molecule has 0 radical (unpaired) electrons. The van der Waals surface area contributed by atoms with E-state index in [0.29, 0.717) is 19.7 Å². The van der Waals surface area contributed by atoms with Crippen LogP contribution in [0.3, 0.4) is 0 Å². The van der Waals surface area contributed by atoms with E-state index in [1.165, 1.54) is 5.56 Å². The summed E-state index contributed by atoms with van der Waals surface area (Å²) in [6.45, 7) is 3.70. The lowest BCUT2D eigenvalue weighted by Crippen LogP contribution is -2.44. The van der Waals surface area contributed by atoms with Crippen LogP contribution in [0.1, 0.15) is 35.2 Å². The van der Waals surface area contributed by atoms with Crippen molar-refractivity contribution in [2.45, 2.75) is 38.5 Å². The summed E-state index contributed by atoms with van der Waals surface area (Å²) in [5, 5.41) is 15.5. The summed E-state index contributed by atoms with van der Waals surface area (Å²) in [4.78, 5) is 4.82. The number of hydrogen-bond acceptors (Lipinski definition) is 5. The molecule has 0 bridgehead atoms. The molecular weight excluding hydrogens is 404 g/mol. The molecule has 2 unspecified atom stereocenters. The molecule has 8 heteroatoms. The van der Waals surface area contributed by atoms with Crippen molar-refractivity contribution in [2.75, 3.05) is 13.2 Å². The van der Waals surface area contributed by atoms with Crippen LogP contribution in [0.5, 0.6) is 11.5 Å². The van der Waals surface area contributed by atoms with Crippen molar-refractivity contribution in [3.05, 3.63) is 71.3 Å². The molecule has 2 aliphatic heterocycles. The standard InChI is InChI=1S/C24H28N6O2/c1-16-28-29-23(30(16)2)15-26-24(25-14-18-13-17-7-3-5-9-21(17)32-18)27-20-11-12-31-22-10-6-4-8-19(20)22/h3-10,18,20H,11-15H2,1-2H3,(H2,25,26,27). The lowest BCUT2D eigenvalue weighted by Gasteiger charge is -2.28. The van der Waals surface area contributed by atoms with Crippen molar-refractivity contribution in [2.24, 2.45) is 12.0 Å². The summed E-state index contributed by atoms with van der Waals surface area (Å²) in [6.07, 6.45) is 1.82. The summed E-state index contributed by atoms with van der Waals surface area (Å²) in [7, 11) is 1.96. The number of guanidine groups is 1. The molecule has 2 atom stereocenters. The molecule has 0 amide bonds. The molecule has 166 valence electrons. The fourth-order valence-corrected chi connectivity index (χ4v) is 4.13. The summed E-state index contributed by atoms with van der Waals surface area (Å²) in [6, 6.07) is 16.5. The molecule has 1 aromatic heterocycles. The lowest BCUT2D eigenvalue weighted by molar-refractivity contribution is 0.233. The van der Waals surface area contributed by atoms with Crippen molar-refractivity contribution < 1.29 is 9.47 Å². The Morgan fingerprint density at radius 3 is 2.75 bits per heavy atom. The van der Waals surface area contributed by atoms with Gasteiger partial charge in [0.15, 0.2) is 11.8 Å². The van der Waals surface area contributed by atoms with Gasteiger partial charge in [0.25, 0.3) is 0 Å². The Balaban J connectivity index is 1.31. The van der Waals surface area contributed by atoms with Crippen LogP contribution in [0, 0.1) is 6.92 Å². The summed E-state index contributed by atoms with van der Waals surface area (Å²) >= 11 is 0. The SMILES string of the molecule is Cc1nnc(CN=C(NCC2Cc3ccccc3O2)NC2CCOc3ccccc32)n1C. The molecular formula is C24H28N6O2. The third-order valence-electron chi connectivity index (χ3n) is 6.04. The topological polar surface area (TPSA) is 85.6 Å². The number of nitrogens with one attached hydrogen (secondary N) is 2. The molecule has 2 N–H and O–H groups in total. The van der Waals surface area contributed by atoms with E-state index < -0.39 is 0 Å². The fraction of sp³-hybridized carbons (Fsp3) is 0.375. The van der Waals surface area contributed by atoms with Crippen LogP contribution in [0.15, 0.2) is 53.5 Å². The van der Waals surface area contributed by atoms with E-state index in [-0.39, 0.29) is 12.1 Å². The van der Waals surface area contributed by atoms with Crippen LogP contribution >= 0.6 is 0 Å². The third kappa shape index (κ3) is 4.26. The van der Waals surface area contributed by atoms with Gasteiger partial charge >= 0.3 is 0 Å². The Morgan fingerprint density at radius 1 is 1.12 bits per heavy atom. The molecule has 2 aliphatic rings. The molecule has 3 heterocycles. The number of ether oxygens (including phenoxy) is 2. The minimum Gasteiger partial charge on any atom is -0.493 e. The maximum Gasteiger partial charge on any atom is 0.192 e. The predicted octanol–water partition coefficient (Wildman–Crippen LogP) is 2.69. The average Bonchev–Trinajstić information content (AvgIpc) is 3.38. The highest BCUT2D eigenvalue weighted by Crippen LogP contribution is 2.31. The first-order chi connectivity index (χ1) is 15.7. The first-order valence-electron chi connectivity index (χ1n) is 11.0. The smallest absolute Gasteiger partial charge is 0.192 e. The highest BCUT2D eigenvalue weighted by Gasteiger charge is 2.25. The zero-order valence-electron chi connectivity index (χ0n) is 18.4. The van der Waals surface area contributed by atoms with Crippen molar-refractivity contribution >= 4 is 5.96 Å². The molecule has 32 heavy (non-hydrogen) atoms. The number of benzene rings is 2. The van der Waals surface area contributed by atoms with Crippen LogP contribution in [0.2, 0.25) is 0 Å². The fourth-order valence-electron chi connectivity index (χ4n) is 4.13. The number of fused-ring (bicyclic) bond motifs is 2. The van der Waals surface area contributed by atoms with Gasteiger partial charge in [0, 0.05) is 25.5 Å². The summed E-state index contributed by atoms with van der Waals surface area (Å²) in [5.41, 5.74) is 2.39.